The van der Waals surface area contributed by atoms with Gasteiger partial charge in [-0.1, -0.05) is 20.3 Å². The highest BCUT2D eigenvalue weighted by Crippen LogP contribution is 2.47. The van der Waals surface area contributed by atoms with Crippen molar-refractivity contribution in [3.8, 4) is 0 Å². The third-order valence-electron chi connectivity index (χ3n) is 5.09. The number of aromatic nitrogens is 1. The zero-order valence-corrected chi connectivity index (χ0v) is 17.6. The molecule has 1 saturated carbocycles. The zero-order chi connectivity index (χ0) is 15.6. The molecule has 0 aromatic carbocycles. The van der Waals surface area contributed by atoms with Gasteiger partial charge < -0.3 is 10.2 Å². The second-order valence-electron chi connectivity index (χ2n) is 7.08. The molecule has 6 heteroatoms. The molecule has 2 aliphatic rings. The van der Waals surface area contributed by atoms with Crippen LogP contribution in [0, 0.1) is 5.41 Å². The Bertz CT molecular complexity index is 536. The lowest BCUT2D eigenvalue weighted by Gasteiger charge is -2.38. The van der Waals surface area contributed by atoms with Gasteiger partial charge in [0, 0.05) is 44.4 Å². The van der Waals surface area contributed by atoms with Gasteiger partial charge in [-0.15, -0.1) is 35.3 Å². The molecular formula is C17H29IN4S. The predicted octanol–water partition coefficient (Wildman–Crippen LogP) is 3.88. The molecule has 0 unspecified atom stereocenters. The molecule has 2 fully saturated rings. The van der Waals surface area contributed by atoms with E-state index >= 15 is 0 Å². The summed E-state index contributed by atoms with van der Waals surface area (Å²) in [5, 5.41) is 6.96. The molecule has 4 nitrogen and oxygen atoms in total. The van der Waals surface area contributed by atoms with Crippen molar-refractivity contribution >= 4 is 41.3 Å². The van der Waals surface area contributed by atoms with E-state index in [1.165, 1.54) is 42.9 Å². The Morgan fingerprint density at radius 3 is 2.74 bits per heavy atom. The monoisotopic (exact) mass is 448 g/mol. The van der Waals surface area contributed by atoms with Crippen molar-refractivity contribution in [1.29, 1.82) is 0 Å². The molecule has 23 heavy (non-hydrogen) atoms. The van der Waals surface area contributed by atoms with Crippen molar-refractivity contribution in [2.24, 2.45) is 10.4 Å². The molecule has 0 bridgehead atoms. The van der Waals surface area contributed by atoms with E-state index in [9.17, 15) is 0 Å². The number of hydrogen-bond acceptors (Lipinski definition) is 3. The lowest BCUT2D eigenvalue weighted by Crippen LogP contribution is -2.43. The number of nitrogens with one attached hydrogen (secondary N) is 1. The van der Waals surface area contributed by atoms with Crippen LogP contribution in [0.1, 0.15) is 56.2 Å². The quantitative estimate of drug-likeness (QED) is 0.432. The second kappa shape index (κ2) is 8.14. The van der Waals surface area contributed by atoms with Crippen LogP contribution in [0.15, 0.2) is 10.4 Å². The Balaban J connectivity index is 0.00000192. The fraction of sp³-hybridized carbons (Fsp3) is 0.765. The van der Waals surface area contributed by atoms with E-state index < -0.39 is 0 Å². The summed E-state index contributed by atoms with van der Waals surface area (Å²) in [6.07, 6.45) is 6.56. The van der Waals surface area contributed by atoms with E-state index in [1.807, 2.05) is 7.05 Å². The van der Waals surface area contributed by atoms with Gasteiger partial charge in [-0.25, -0.2) is 4.98 Å². The van der Waals surface area contributed by atoms with Gasteiger partial charge in [-0.2, -0.15) is 0 Å². The van der Waals surface area contributed by atoms with Crippen molar-refractivity contribution in [3.63, 3.8) is 0 Å². The molecule has 0 radical (unpaired) electrons. The number of rotatable bonds is 4. The summed E-state index contributed by atoms with van der Waals surface area (Å²) < 4.78 is 0. The van der Waals surface area contributed by atoms with E-state index in [0.29, 0.717) is 11.3 Å². The number of hydrogen-bond donors (Lipinski definition) is 1. The Hall–Kier alpha value is -0.370. The second-order valence-corrected chi connectivity index (χ2v) is 7.97. The topological polar surface area (TPSA) is 40.5 Å². The van der Waals surface area contributed by atoms with E-state index in [4.69, 9.17) is 4.98 Å². The van der Waals surface area contributed by atoms with E-state index in [-0.39, 0.29) is 24.0 Å². The van der Waals surface area contributed by atoms with Gasteiger partial charge in [0.05, 0.1) is 10.7 Å². The van der Waals surface area contributed by atoms with Crippen LogP contribution in [0.5, 0.6) is 0 Å². The van der Waals surface area contributed by atoms with E-state index in [2.05, 4.69) is 34.4 Å². The first-order chi connectivity index (χ1) is 10.6. The lowest BCUT2D eigenvalue weighted by molar-refractivity contribution is 0.151. The largest absolute Gasteiger partial charge is 0.356 e. The molecular weight excluding hydrogens is 419 g/mol. The fourth-order valence-corrected chi connectivity index (χ4v) is 4.41. The maximum Gasteiger partial charge on any atom is 0.193 e. The molecule has 1 aliphatic carbocycles. The third-order valence-corrected chi connectivity index (χ3v) is 6.29. The Labute approximate surface area is 161 Å². The number of thiazole rings is 1. The highest BCUT2D eigenvalue weighted by molar-refractivity contribution is 14.0. The summed E-state index contributed by atoms with van der Waals surface area (Å²) in [6.45, 7) is 7.67. The van der Waals surface area contributed by atoms with Crippen molar-refractivity contribution in [1.82, 2.24) is 15.2 Å². The number of halogens is 1. The van der Waals surface area contributed by atoms with Crippen LogP contribution in [0.3, 0.4) is 0 Å². The molecule has 1 N–H and O–H groups in total. The highest BCUT2D eigenvalue weighted by atomic mass is 127. The number of aliphatic imine (C=N–C) groups is 1. The molecule has 1 saturated heterocycles. The predicted molar refractivity (Wildman–Crippen MR) is 109 cm³/mol. The first-order valence-corrected chi connectivity index (χ1v) is 9.40. The molecule has 2 heterocycles. The molecule has 0 amide bonds. The molecule has 0 atom stereocenters. The van der Waals surface area contributed by atoms with Crippen LogP contribution < -0.4 is 5.32 Å². The fourth-order valence-electron chi connectivity index (χ4n) is 3.54. The van der Waals surface area contributed by atoms with Crippen LogP contribution in [0.25, 0.3) is 0 Å². The van der Waals surface area contributed by atoms with Crippen molar-refractivity contribution in [3.05, 3.63) is 16.1 Å². The normalized spacial score (nSPS) is 19.8. The molecule has 3 rings (SSSR count). The molecule has 1 aromatic heterocycles. The van der Waals surface area contributed by atoms with Crippen LogP contribution >= 0.6 is 35.3 Å². The summed E-state index contributed by atoms with van der Waals surface area (Å²) in [5.41, 5.74) is 1.83. The van der Waals surface area contributed by atoms with Gasteiger partial charge in [0.2, 0.25) is 0 Å². The van der Waals surface area contributed by atoms with Gasteiger partial charge in [0.25, 0.3) is 0 Å². The molecule has 1 aromatic rings. The summed E-state index contributed by atoms with van der Waals surface area (Å²) in [4.78, 5) is 11.6. The summed E-state index contributed by atoms with van der Waals surface area (Å²) in [5.74, 6) is 1.60. The minimum absolute atomic E-state index is 0. The molecule has 130 valence electrons. The van der Waals surface area contributed by atoms with Crippen LogP contribution in [0.2, 0.25) is 0 Å². The Morgan fingerprint density at radius 1 is 1.43 bits per heavy atom. The first-order valence-electron chi connectivity index (χ1n) is 8.52. The number of nitrogens with zero attached hydrogens (tertiary/aromatic N) is 3. The van der Waals surface area contributed by atoms with Crippen LogP contribution in [0.4, 0.5) is 0 Å². The maximum absolute atomic E-state index is 4.70. The maximum atomic E-state index is 4.70. The van der Waals surface area contributed by atoms with Gasteiger partial charge >= 0.3 is 0 Å². The van der Waals surface area contributed by atoms with Gasteiger partial charge in [0.1, 0.15) is 0 Å². The molecule has 1 aliphatic heterocycles. The summed E-state index contributed by atoms with van der Waals surface area (Å²) in [7, 11) is 1.90. The number of guanidine groups is 1. The SMILES string of the molecule is CN=C(NCCc1csc(C(C)C)n1)N1CCC2(CCC2)C1.I. The zero-order valence-electron chi connectivity index (χ0n) is 14.5. The smallest absolute Gasteiger partial charge is 0.193 e. The third kappa shape index (κ3) is 4.38. The Morgan fingerprint density at radius 2 is 2.22 bits per heavy atom. The van der Waals surface area contributed by atoms with Gasteiger partial charge in [0.15, 0.2) is 5.96 Å². The summed E-state index contributed by atoms with van der Waals surface area (Å²) >= 11 is 1.78. The minimum Gasteiger partial charge on any atom is -0.356 e. The average Bonchev–Trinajstić information content (AvgIpc) is 3.10. The van der Waals surface area contributed by atoms with Crippen molar-refractivity contribution < 1.29 is 0 Å². The standard InChI is InChI=1S/C17H28N4S.HI/c1-13(2)15-20-14(11-22-15)5-9-19-16(18-3)21-10-8-17(12-21)6-4-7-17;/h11,13H,4-10,12H2,1-3H3,(H,18,19);1H. The summed E-state index contributed by atoms with van der Waals surface area (Å²) in [6, 6.07) is 0. The first kappa shape index (κ1) is 19.0. The Kier molecular flexibility index (Phi) is 6.71. The van der Waals surface area contributed by atoms with Crippen LogP contribution in [-0.2, 0) is 6.42 Å². The van der Waals surface area contributed by atoms with E-state index in [0.717, 1.165) is 25.5 Å². The van der Waals surface area contributed by atoms with Gasteiger partial charge in [-0.05, 0) is 24.7 Å². The lowest BCUT2D eigenvalue weighted by atomic mass is 9.68. The van der Waals surface area contributed by atoms with Crippen LogP contribution in [-0.4, -0.2) is 42.5 Å². The minimum atomic E-state index is 0. The van der Waals surface area contributed by atoms with Crippen molar-refractivity contribution in [2.75, 3.05) is 26.7 Å². The molecule has 1 spiro atoms. The van der Waals surface area contributed by atoms with Crippen molar-refractivity contribution in [2.45, 2.75) is 51.9 Å². The van der Waals surface area contributed by atoms with Gasteiger partial charge in [-0.3, -0.25) is 4.99 Å². The average molecular weight is 448 g/mol. The van der Waals surface area contributed by atoms with E-state index in [1.54, 1.807) is 11.3 Å². The highest BCUT2D eigenvalue weighted by Gasteiger charge is 2.43. The number of likely N-dealkylation sites (tertiary alicyclic amines) is 1.